The van der Waals surface area contributed by atoms with Gasteiger partial charge >= 0.3 is 0 Å². The molecule has 3 aromatic rings. The van der Waals surface area contributed by atoms with E-state index in [0.29, 0.717) is 18.5 Å². The first-order valence-electron chi connectivity index (χ1n) is 9.36. The molecule has 0 spiro atoms. The SMILES string of the molecule is CSCC[C@@H](NC(=O)c1ccccc1)C(=O)NCCc1c[nH]c2ccccc12. The molecule has 0 bridgehead atoms. The van der Waals surface area contributed by atoms with Gasteiger partial charge in [0.2, 0.25) is 5.91 Å². The Balaban J connectivity index is 1.57. The van der Waals surface area contributed by atoms with Crippen LogP contribution >= 0.6 is 11.8 Å². The molecule has 0 unspecified atom stereocenters. The van der Waals surface area contributed by atoms with Crippen LogP contribution in [0.3, 0.4) is 0 Å². The predicted octanol–water partition coefficient (Wildman–Crippen LogP) is 3.38. The Hall–Kier alpha value is -2.73. The highest BCUT2D eigenvalue weighted by Crippen LogP contribution is 2.17. The van der Waals surface area contributed by atoms with E-state index in [1.807, 2.05) is 48.9 Å². The summed E-state index contributed by atoms with van der Waals surface area (Å²) in [6, 6.07) is 16.6. The Bertz CT molecular complexity index is 924. The van der Waals surface area contributed by atoms with Crippen LogP contribution in [0, 0.1) is 0 Å². The van der Waals surface area contributed by atoms with Gasteiger partial charge in [-0.2, -0.15) is 11.8 Å². The fourth-order valence-electron chi connectivity index (χ4n) is 3.12. The highest BCUT2D eigenvalue weighted by atomic mass is 32.2. The van der Waals surface area contributed by atoms with Crippen molar-refractivity contribution in [1.29, 1.82) is 0 Å². The van der Waals surface area contributed by atoms with Crippen molar-refractivity contribution in [2.24, 2.45) is 0 Å². The van der Waals surface area contributed by atoms with Crippen molar-refractivity contribution in [3.8, 4) is 0 Å². The summed E-state index contributed by atoms with van der Waals surface area (Å²) in [5, 5.41) is 7.02. The smallest absolute Gasteiger partial charge is 0.251 e. The van der Waals surface area contributed by atoms with Crippen LogP contribution in [0.1, 0.15) is 22.3 Å². The Labute approximate surface area is 169 Å². The Morgan fingerprint density at radius 1 is 1.07 bits per heavy atom. The summed E-state index contributed by atoms with van der Waals surface area (Å²) in [7, 11) is 0. The lowest BCUT2D eigenvalue weighted by molar-refractivity contribution is -0.122. The molecular weight excluding hydrogens is 370 g/mol. The lowest BCUT2D eigenvalue weighted by Gasteiger charge is -2.18. The van der Waals surface area contributed by atoms with Gasteiger partial charge in [0, 0.05) is 29.2 Å². The van der Waals surface area contributed by atoms with Crippen LogP contribution in [-0.2, 0) is 11.2 Å². The Morgan fingerprint density at radius 3 is 2.61 bits per heavy atom. The number of para-hydroxylation sites is 1. The second-order valence-corrected chi connectivity index (χ2v) is 7.56. The number of carbonyl (C=O) groups excluding carboxylic acids is 2. The van der Waals surface area contributed by atoms with E-state index in [9.17, 15) is 9.59 Å². The number of benzene rings is 2. The molecule has 146 valence electrons. The quantitative estimate of drug-likeness (QED) is 0.520. The molecule has 2 aromatic carbocycles. The normalized spacial score (nSPS) is 11.9. The number of H-pyrrole nitrogens is 1. The van der Waals surface area contributed by atoms with Gasteiger partial charge < -0.3 is 15.6 Å². The van der Waals surface area contributed by atoms with E-state index in [-0.39, 0.29) is 11.8 Å². The number of rotatable bonds is 9. The van der Waals surface area contributed by atoms with E-state index < -0.39 is 6.04 Å². The lowest BCUT2D eigenvalue weighted by Crippen LogP contribution is -2.47. The first-order chi connectivity index (χ1) is 13.7. The molecule has 0 aliphatic rings. The maximum absolute atomic E-state index is 12.7. The highest BCUT2D eigenvalue weighted by Gasteiger charge is 2.20. The van der Waals surface area contributed by atoms with E-state index >= 15 is 0 Å². The molecule has 0 radical (unpaired) electrons. The molecule has 0 aliphatic heterocycles. The van der Waals surface area contributed by atoms with Crippen molar-refractivity contribution in [2.45, 2.75) is 18.9 Å². The van der Waals surface area contributed by atoms with Gasteiger partial charge in [0.05, 0.1) is 0 Å². The standard InChI is InChI=1S/C22H25N3O2S/c1-28-14-12-20(25-21(26)16-7-3-2-4-8-16)22(27)23-13-11-17-15-24-19-10-6-5-9-18(17)19/h2-10,15,20,24H,11-14H2,1H3,(H,23,27)(H,25,26)/t20-/m1/s1. The number of hydrogen-bond acceptors (Lipinski definition) is 3. The number of carbonyl (C=O) groups is 2. The first-order valence-corrected chi connectivity index (χ1v) is 10.8. The fraction of sp³-hybridized carbons (Fsp3) is 0.273. The number of fused-ring (bicyclic) bond motifs is 1. The Kier molecular flexibility index (Phi) is 7.14. The summed E-state index contributed by atoms with van der Waals surface area (Å²) in [6.07, 6.45) is 5.31. The molecule has 0 fully saturated rings. The van der Waals surface area contributed by atoms with Crippen molar-refractivity contribution < 1.29 is 9.59 Å². The largest absolute Gasteiger partial charge is 0.361 e. The minimum Gasteiger partial charge on any atom is -0.361 e. The molecule has 5 nitrogen and oxygen atoms in total. The first kappa shape index (κ1) is 20.0. The van der Waals surface area contributed by atoms with Crippen LogP contribution in [0.4, 0.5) is 0 Å². The summed E-state index contributed by atoms with van der Waals surface area (Å²) >= 11 is 1.66. The molecule has 1 aromatic heterocycles. The average molecular weight is 396 g/mol. The fourth-order valence-corrected chi connectivity index (χ4v) is 3.59. The van der Waals surface area contributed by atoms with Gasteiger partial charge in [0.15, 0.2) is 0 Å². The molecule has 1 atom stereocenters. The summed E-state index contributed by atoms with van der Waals surface area (Å²) in [5.41, 5.74) is 2.82. The molecule has 3 N–H and O–H groups in total. The van der Waals surface area contributed by atoms with Gasteiger partial charge in [-0.05, 0) is 48.6 Å². The van der Waals surface area contributed by atoms with Crippen molar-refractivity contribution in [3.05, 3.63) is 71.9 Å². The van der Waals surface area contributed by atoms with Gasteiger partial charge in [0.25, 0.3) is 5.91 Å². The van der Waals surface area contributed by atoms with Crippen molar-refractivity contribution in [2.75, 3.05) is 18.6 Å². The summed E-state index contributed by atoms with van der Waals surface area (Å²) in [4.78, 5) is 28.3. The van der Waals surface area contributed by atoms with Crippen molar-refractivity contribution >= 4 is 34.5 Å². The minimum atomic E-state index is -0.539. The van der Waals surface area contributed by atoms with Gasteiger partial charge in [-0.3, -0.25) is 9.59 Å². The maximum Gasteiger partial charge on any atom is 0.251 e. The second kappa shape index (κ2) is 9.99. The molecule has 0 saturated carbocycles. The molecule has 28 heavy (non-hydrogen) atoms. The van der Waals surface area contributed by atoms with E-state index in [0.717, 1.165) is 17.7 Å². The number of aromatic nitrogens is 1. The predicted molar refractivity (Wildman–Crippen MR) is 116 cm³/mol. The average Bonchev–Trinajstić information content (AvgIpc) is 3.14. The van der Waals surface area contributed by atoms with Crippen LogP contribution in [-0.4, -0.2) is 41.4 Å². The summed E-state index contributed by atoms with van der Waals surface area (Å²) in [6.45, 7) is 0.525. The highest BCUT2D eigenvalue weighted by molar-refractivity contribution is 7.98. The van der Waals surface area contributed by atoms with Gasteiger partial charge in [0.1, 0.15) is 6.04 Å². The molecule has 1 heterocycles. The zero-order chi connectivity index (χ0) is 19.8. The van der Waals surface area contributed by atoms with Gasteiger partial charge in [-0.1, -0.05) is 36.4 Å². The third-order valence-electron chi connectivity index (χ3n) is 4.64. The van der Waals surface area contributed by atoms with E-state index in [1.165, 1.54) is 10.9 Å². The van der Waals surface area contributed by atoms with Gasteiger partial charge in [-0.25, -0.2) is 0 Å². The Morgan fingerprint density at radius 2 is 1.82 bits per heavy atom. The monoisotopic (exact) mass is 395 g/mol. The van der Waals surface area contributed by atoms with Crippen LogP contribution in [0.25, 0.3) is 10.9 Å². The van der Waals surface area contributed by atoms with E-state index in [2.05, 4.69) is 21.7 Å². The van der Waals surface area contributed by atoms with Crippen LogP contribution in [0.15, 0.2) is 60.8 Å². The third kappa shape index (κ3) is 5.16. The van der Waals surface area contributed by atoms with Crippen LogP contribution < -0.4 is 10.6 Å². The van der Waals surface area contributed by atoms with Crippen LogP contribution in [0.5, 0.6) is 0 Å². The van der Waals surface area contributed by atoms with Crippen molar-refractivity contribution in [1.82, 2.24) is 15.6 Å². The zero-order valence-electron chi connectivity index (χ0n) is 15.9. The van der Waals surface area contributed by atoms with Crippen molar-refractivity contribution in [3.63, 3.8) is 0 Å². The lowest BCUT2D eigenvalue weighted by atomic mass is 10.1. The number of thioether (sulfide) groups is 1. The summed E-state index contributed by atoms with van der Waals surface area (Å²) < 4.78 is 0. The van der Waals surface area contributed by atoms with Crippen LogP contribution in [0.2, 0.25) is 0 Å². The van der Waals surface area contributed by atoms with Gasteiger partial charge in [-0.15, -0.1) is 0 Å². The molecule has 6 heteroatoms. The number of nitrogens with one attached hydrogen (secondary N) is 3. The summed E-state index contributed by atoms with van der Waals surface area (Å²) in [5.74, 6) is 0.437. The van der Waals surface area contributed by atoms with E-state index in [1.54, 1.807) is 23.9 Å². The number of amides is 2. The number of hydrogen-bond donors (Lipinski definition) is 3. The number of aromatic amines is 1. The maximum atomic E-state index is 12.7. The molecule has 3 rings (SSSR count). The molecule has 0 aliphatic carbocycles. The zero-order valence-corrected chi connectivity index (χ0v) is 16.7. The second-order valence-electron chi connectivity index (χ2n) is 6.57. The van der Waals surface area contributed by atoms with E-state index in [4.69, 9.17) is 0 Å². The topological polar surface area (TPSA) is 74.0 Å². The molecule has 0 saturated heterocycles. The molecule has 2 amide bonds. The minimum absolute atomic E-state index is 0.141. The third-order valence-corrected chi connectivity index (χ3v) is 5.28. The molecular formula is C22H25N3O2S.